The van der Waals surface area contributed by atoms with Crippen molar-refractivity contribution in [3.63, 3.8) is 0 Å². The van der Waals surface area contributed by atoms with Crippen LogP contribution in [-0.4, -0.2) is 21.1 Å². The van der Waals surface area contributed by atoms with E-state index < -0.39 is 18.2 Å². The number of halogens is 4. The summed E-state index contributed by atoms with van der Waals surface area (Å²) >= 11 is 20.3. The number of sulfone groups is 1. The molecule has 3 aliphatic rings. The second-order valence-corrected chi connectivity index (χ2v) is 11.7. The molecule has 0 aromatic rings. The highest BCUT2D eigenvalue weighted by Gasteiger charge is 2.66. The van der Waals surface area contributed by atoms with E-state index in [0.717, 1.165) is 19.3 Å². The fourth-order valence-corrected chi connectivity index (χ4v) is 7.43. The molecule has 2 bridgehead atoms. The molecule has 3 rings (SSSR count). The van der Waals surface area contributed by atoms with Gasteiger partial charge in [0.1, 0.15) is 0 Å². The molecule has 16 heavy (non-hydrogen) atoms. The molecule has 0 aromatic carbocycles. The maximum atomic E-state index is 12.1. The minimum atomic E-state index is -3.70. The molecule has 0 amide bonds. The van der Waals surface area contributed by atoms with Crippen LogP contribution in [0.5, 0.6) is 0 Å². The summed E-state index contributed by atoms with van der Waals surface area (Å²) in [4.78, 5) is 0. The quantitative estimate of drug-likeness (QED) is 0.660. The summed E-state index contributed by atoms with van der Waals surface area (Å²) in [7, 11) is -3.70. The molecule has 0 aromatic heterocycles. The van der Waals surface area contributed by atoms with Gasteiger partial charge in [0.25, 0.3) is 3.12 Å². The van der Waals surface area contributed by atoms with E-state index in [-0.39, 0.29) is 16.2 Å². The maximum absolute atomic E-state index is 12.1. The van der Waals surface area contributed by atoms with Crippen molar-refractivity contribution >= 4 is 60.6 Å². The molecular formula is C9H12BrCl3O2S. The molecular weight excluding hydrogens is 358 g/mol. The van der Waals surface area contributed by atoms with Crippen molar-refractivity contribution < 1.29 is 8.42 Å². The molecule has 3 fully saturated rings. The molecule has 4 atom stereocenters. The summed E-state index contributed by atoms with van der Waals surface area (Å²) in [6, 6.07) is 0. The molecule has 2 nitrogen and oxygen atoms in total. The first-order valence-corrected chi connectivity index (χ1v) is 8.56. The maximum Gasteiger partial charge on any atom is 0.292 e. The van der Waals surface area contributed by atoms with Crippen LogP contribution in [-0.2, 0) is 9.84 Å². The van der Waals surface area contributed by atoms with Gasteiger partial charge in [-0.25, -0.2) is 8.42 Å². The standard InChI is InChI=1S/C9H12BrCl3O2S/c1-8(10)5-3-2-4-6(8)7(5)16(14,15)9(11,12)13/h5-7H,2-4H2,1H3/t5-,6+,7?,8?. The van der Waals surface area contributed by atoms with Crippen LogP contribution in [0.2, 0.25) is 0 Å². The Hall–Kier alpha value is 1.30. The average Bonchev–Trinajstić information content (AvgIpc) is 2.15. The Bertz CT molecular complexity index is 387. The van der Waals surface area contributed by atoms with Crippen LogP contribution < -0.4 is 0 Å². The van der Waals surface area contributed by atoms with Gasteiger partial charge >= 0.3 is 0 Å². The average molecular weight is 371 g/mol. The second-order valence-electron chi connectivity index (χ2n) is 4.75. The second kappa shape index (κ2) is 3.89. The Balaban J connectivity index is 2.34. The van der Waals surface area contributed by atoms with E-state index in [1.54, 1.807) is 0 Å². The smallest absolute Gasteiger partial charge is 0.224 e. The molecule has 0 saturated heterocycles. The third-order valence-corrected chi connectivity index (χ3v) is 9.09. The lowest BCUT2D eigenvalue weighted by atomic mass is 9.57. The molecule has 2 unspecified atom stereocenters. The fourth-order valence-electron chi connectivity index (χ4n) is 3.12. The van der Waals surface area contributed by atoms with Crippen molar-refractivity contribution in [2.45, 2.75) is 38.9 Å². The van der Waals surface area contributed by atoms with Gasteiger partial charge in [-0.15, -0.1) is 0 Å². The van der Waals surface area contributed by atoms with E-state index in [9.17, 15) is 8.42 Å². The Morgan fingerprint density at radius 2 is 1.69 bits per heavy atom. The number of fused-ring (bicyclic) bond motifs is 2. The van der Waals surface area contributed by atoms with Crippen molar-refractivity contribution in [2.24, 2.45) is 11.8 Å². The van der Waals surface area contributed by atoms with Gasteiger partial charge in [-0.05, 0) is 31.6 Å². The van der Waals surface area contributed by atoms with Crippen molar-refractivity contribution in [1.82, 2.24) is 0 Å². The summed E-state index contributed by atoms with van der Waals surface area (Å²) in [5.74, 6) is 0.124. The predicted molar refractivity (Wildman–Crippen MR) is 71.2 cm³/mol. The third-order valence-electron chi connectivity index (χ3n) is 3.95. The van der Waals surface area contributed by atoms with Gasteiger partial charge in [0.05, 0.1) is 5.25 Å². The molecule has 3 saturated carbocycles. The first-order chi connectivity index (χ1) is 7.10. The largest absolute Gasteiger partial charge is 0.292 e. The first-order valence-electron chi connectivity index (χ1n) is 5.09. The van der Waals surface area contributed by atoms with Gasteiger partial charge in [-0.2, -0.15) is 0 Å². The van der Waals surface area contributed by atoms with E-state index in [1.165, 1.54) is 0 Å². The van der Waals surface area contributed by atoms with Crippen LogP contribution in [0.1, 0.15) is 26.2 Å². The minimum absolute atomic E-state index is 0.0619. The van der Waals surface area contributed by atoms with Crippen LogP contribution in [0.3, 0.4) is 0 Å². The molecule has 0 spiro atoms. The number of rotatable bonds is 1. The molecule has 7 heteroatoms. The zero-order valence-electron chi connectivity index (χ0n) is 8.59. The minimum Gasteiger partial charge on any atom is -0.224 e. The van der Waals surface area contributed by atoms with Gasteiger partial charge in [0, 0.05) is 4.32 Å². The van der Waals surface area contributed by atoms with Gasteiger partial charge < -0.3 is 0 Å². The zero-order chi connectivity index (χ0) is 12.4. The number of hydrogen-bond donors (Lipinski definition) is 0. The topological polar surface area (TPSA) is 34.1 Å². The normalized spacial score (nSPS) is 43.9. The Labute approximate surface area is 119 Å². The summed E-state index contributed by atoms with van der Waals surface area (Å²) < 4.78 is 21.9. The SMILES string of the molecule is CC1(Br)[C@@H]2CCC[C@H]1C2S(=O)(=O)C(Cl)(Cl)Cl. The van der Waals surface area contributed by atoms with Gasteiger partial charge in [0.15, 0.2) is 0 Å². The summed E-state index contributed by atoms with van der Waals surface area (Å²) in [5, 5.41) is -0.502. The molecule has 0 heterocycles. The summed E-state index contributed by atoms with van der Waals surface area (Å²) in [6.07, 6.45) is 2.81. The van der Waals surface area contributed by atoms with Crippen LogP contribution in [0.15, 0.2) is 0 Å². The predicted octanol–water partition coefficient (Wildman–Crippen LogP) is 3.68. The third kappa shape index (κ3) is 1.75. The lowest BCUT2D eigenvalue weighted by Crippen LogP contribution is -2.66. The zero-order valence-corrected chi connectivity index (χ0v) is 13.3. The van der Waals surface area contributed by atoms with Crippen molar-refractivity contribution in [3.8, 4) is 0 Å². The van der Waals surface area contributed by atoms with Crippen molar-refractivity contribution in [3.05, 3.63) is 0 Å². The molecule has 3 aliphatic carbocycles. The lowest BCUT2D eigenvalue weighted by molar-refractivity contribution is 0.0710. The van der Waals surface area contributed by atoms with Gasteiger partial charge in [-0.1, -0.05) is 57.2 Å². The van der Waals surface area contributed by atoms with E-state index in [0.29, 0.717) is 0 Å². The highest BCUT2D eigenvalue weighted by molar-refractivity contribution is 9.10. The van der Waals surface area contributed by atoms with Crippen LogP contribution >= 0.6 is 50.7 Å². The van der Waals surface area contributed by atoms with Crippen LogP contribution in [0.25, 0.3) is 0 Å². The van der Waals surface area contributed by atoms with E-state index in [4.69, 9.17) is 34.8 Å². The van der Waals surface area contributed by atoms with Crippen LogP contribution in [0.4, 0.5) is 0 Å². The first kappa shape index (κ1) is 13.7. The van der Waals surface area contributed by atoms with Crippen LogP contribution in [0, 0.1) is 11.8 Å². The molecule has 0 radical (unpaired) electrons. The van der Waals surface area contributed by atoms with E-state index in [2.05, 4.69) is 15.9 Å². The fraction of sp³-hybridized carbons (Fsp3) is 1.00. The Morgan fingerprint density at radius 1 is 1.25 bits per heavy atom. The summed E-state index contributed by atoms with van der Waals surface area (Å²) in [5.41, 5.74) is 0. The highest BCUT2D eigenvalue weighted by Crippen LogP contribution is 2.62. The monoisotopic (exact) mass is 368 g/mol. The number of hydrogen-bond acceptors (Lipinski definition) is 2. The summed E-state index contributed by atoms with van der Waals surface area (Å²) in [6.45, 7) is 2.03. The Morgan fingerprint density at radius 3 is 2.00 bits per heavy atom. The van der Waals surface area contributed by atoms with Crippen molar-refractivity contribution in [2.75, 3.05) is 0 Å². The van der Waals surface area contributed by atoms with E-state index in [1.807, 2.05) is 6.92 Å². The van der Waals surface area contributed by atoms with Crippen molar-refractivity contribution in [1.29, 1.82) is 0 Å². The molecule has 0 N–H and O–H groups in total. The van der Waals surface area contributed by atoms with E-state index >= 15 is 0 Å². The molecule has 94 valence electrons. The van der Waals surface area contributed by atoms with Gasteiger partial charge in [0.2, 0.25) is 9.84 Å². The Kier molecular flexibility index (Phi) is 3.34. The highest BCUT2D eigenvalue weighted by atomic mass is 79.9. The number of alkyl halides is 4. The molecule has 0 aliphatic heterocycles. The van der Waals surface area contributed by atoms with Gasteiger partial charge in [-0.3, -0.25) is 0 Å². The lowest BCUT2D eigenvalue weighted by Gasteiger charge is -2.60.